The maximum atomic E-state index is 12.5. The maximum Gasteiger partial charge on any atom is 0.251 e. The first-order chi connectivity index (χ1) is 14.5. The summed E-state index contributed by atoms with van der Waals surface area (Å²) in [5.41, 5.74) is 4.00. The van der Waals surface area contributed by atoms with Gasteiger partial charge in [0.15, 0.2) is 0 Å². The molecule has 1 saturated heterocycles. The standard InChI is InChI=1S/C23H24Cl2N4O/c1-2-29-11-3-4-18(29)14-26-23(30)16-7-5-15(6-8-16)21-13-22(28-27-21)19-10-9-17(24)12-20(19)25/h5-10,12-13,18H,2-4,11,14H2,1H3,(H,26,30)(H,27,28). The van der Waals surface area contributed by atoms with Crippen LogP contribution >= 0.6 is 23.2 Å². The minimum absolute atomic E-state index is 0.0415. The fourth-order valence-electron chi connectivity index (χ4n) is 3.96. The van der Waals surface area contributed by atoms with E-state index in [9.17, 15) is 4.79 Å². The number of likely N-dealkylation sites (tertiary alicyclic amines) is 1. The van der Waals surface area contributed by atoms with E-state index in [1.807, 2.05) is 36.4 Å². The molecule has 2 heterocycles. The molecule has 7 heteroatoms. The van der Waals surface area contributed by atoms with Crippen molar-refractivity contribution < 1.29 is 4.79 Å². The smallest absolute Gasteiger partial charge is 0.251 e. The summed E-state index contributed by atoms with van der Waals surface area (Å²) in [6.07, 6.45) is 2.35. The van der Waals surface area contributed by atoms with Crippen LogP contribution in [-0.2, 0) is 0 Å². The molecule has 1 aliphatic rings. The summed E-state index contributed by atoms with van der Waals surface area (Å²) in [6, 6.07) is 15.2. The van der Waals surface area contributed by atoms with Crippen molar-refractivity contribution >= 4 is 29.1 Å². The number of amides is 1. The van der Waals surface area contributed by atoms with Gasteiger partial charge < -0.3 is 5.32 Å². The number of nitrogens with one attached hydrogen (secondary N) is 2. The molecule has 3 aromatic rings. The Kier molecular flexibility index (Phi) is 6.42. The molecule has 1 aromatic heterocycles. The first-order valence-corrected chi connectivity index (χ1v) is 10.9. The van der Waals surface area contributed by atoms with Crippen molar-refractivity contribution in [3.05, 3.63) is 64.1 Å². The molecule has 0 spiro atoms. The van der Waals surface area contributed by atoms with Crippen molar-refractivity contribution in [2.45, 2.75) is 25.8 Å². The predicted octanol–water partition coefficient (Wildman–Crippen LogP) is 5.26. The van der Waals surface area contributed by atoms with Gasteiger partial charge >= 0.3 is 0 Å². The van der Waals surface area contributed by atoms with Gasteiger partial charge in [0.25, 0.3) is 5.91 Å². The fourth-order valence-corrected chi connectivity index (χ4v) is 4.47. The van der Waals surface area contributed by atoms with Gasteiger partial charge in [-0.25, -0.2) is 0 Å². The lowest BCUT2D eigenvalue weighted by Gasteiger charge is -2.22. The van der Waals surface area contributed by atoms with Gasteiger partial charge in [0.05, 0.1) is 16.4 Å². The Labute approximate surface area is 186 Å². The van der Waals surface area contributed by atoms with Crippen molar-refractivity contribution in [3.63, 3.8) is 0 Å². The average molecular weight is 443 g/mol. The number of hydrogen-bond acceptors (Lipinski definition) is 3. The van der Waals surface area contributed by atoms with Crippen molar-refractivity contribution in [1.82, 2.24) is 20.4 Å². The van der Waals surface area contributed by atoms with E-state index in [0.29, 0.717) is 28.2 Å². The van der Waals surface area contributed by atoms with Crippen LogP contribution in [0.15, 0.2) is 48.5 Å². The van der Waals surface area contributed by atoms with Crippen LogP contribution in [0.1, 0.15) is 30.1 Å². The highest BCUT2D eigenvalue weighted by molar-refractivity contribution is 6.36. The number of carbonyl (C=O) groups excluding carboxylic acids is 1. The lowest BCUT2D eigenvalue weighted by Crippen LogP contribution is -2.40. The Morgan fingerprint density at radius 2 is 2.00 bits per heavy atom. The summed E-state index contributed by atoms with van der Waals surface area (Å²) in [7, 11) is 0. The number of benzene rings is 2. The van der Waals surface area contributed by atoms with Gasteiger partial charge in [-0.1, -0.05) is 42.3 Å². The Morgan fingerprint density at radius 3 is 2.73 bits per heavy atom. The summed E-state index contributed by atoms with van der Waals surface area (Å²) in [5, 5.41) is 11.6. The minimum atomic E-state index is -0.0415. The number of carbonyl (C=O) groups is 1. The molecule has 30 heavy (non-hydrogen) atoms. The largest absolute Gasteiger partial charge is 0.350 e. The SMILES string of the molecule is CCN1CCCC1CNC(=O)c1ccc(-c2cc(-c3ccc(Cl)cc3Cl)[nH]n2)cc1. The van der Waals surface area contributed by atoms with E-state index in [-0.39, 0.29) is 5.91 Å². The fraction of sp³-hybridized carbons (Fsp3) is 0.304. The average Bonchev–Trinajstić information content (AvgIpc) is 3.41. The molecule has 0 radical (unpaired) electrons. The lowest BCUT2D eigenvalue weighted by molar-refractivity contribution is 0.0941. The zero-order valence-electron chi connectivity index (χ0n) is 16.8. The van der Waals surface area contributed by atoms with Gasteiger partial charge in [0.2, 0.25) is 0 Å². The molecule has 2 N–H and O–H groups in total. The molecule has 0 bridgehead atoms. The Bertz CT molecular complexity index is 1030. The summed E-state index contributed by atoms with van der Waals surface area (Å²) >= 11 is 12.3. The predicted molar refractivity (Wildman–Crippen MR) is 122 cm³/mol. The summed E-state index contributed by atoms with van der Waals surface area (Å²) in [5.74, 6) is -0.0415. The lowest BCUT2D eigenvalue weighted by atomic mass is 10.1. The van der Waals surface area contributed by atoms with Gasteiger partial charge in [-0.2, -0.15) is 5.10 Å². The molecular formula is C23H24Cl2N4O. The Hall–Kier alpha value is -2.34. The minimum Gasteiger partial charge on any atom is -0.350 e. The highest BCUT2D eigenvalue weighted by atomic mass is 35.5. The van der Waals surface area contributed by atoms with E-state index >= 15 is 0 Å². The van der Waals surface area contributed by atoms with Gasteiger partial charge in [0, 0.05) is 34.3 Å². The summed E-state index contributed by atoms with van der Waals surface area (Å²) < 4.78 is 0. The maximum absolute atomic E-state index is 12.5. The number of nitrogens with zero attached hydrogens (tertiary/aromatic N) is 2. The van der Waals surface area contributed by atoms with Crippen LogP contribution in [0.2, 0.25) is 10.0 Å². The van der Waals surface area contributed by atoms with Gasteiger partial charge in [-0.15, -0.1) is 0 Å². The molecule has 1 atom stereocenters. The number of H-pyrrole nitrogens is 1. The summed E-state index contributed by atoms with van der Waals surface area (Å²) in [6.45, 7) is 5.01. The van der Waals surface area contributed by atoms with E-state index in [2.05, 4.69) is 27.3 Å². The normalized spacial score (nSPS) is 16.7. The molecule has 0 saturated carbocycles. The quantitative estimate of drug-likeness (QED) is 0.546. The zero-order chi connectivity index (χ0) is 21.1. The molecule has 156 valence electrons. The van der Waals surface area contributed by atoms with Crippen LogP contribution in [0.3, 0.4) is 0 Å². The second kappa shape index (κ2) is 9.21. The monoisotopic (exact) mass is 442 g/mol. The highest BCUT2D eigenvalue weighted by Gasteiger charge is 2.23. The Morgan fingerprint density at radius 1 is 1.20 bits per heavy atom. The second-order valence-corrected chi connectivity index (χ2v) is 8.35. The van der Waals surface area contributed by atoms with E-state index < -0.39 is 0 Å². The first kappa shape index (κ1) is 20.9. The molecule has 0 aliphatic carbocycles. The topological polar surface area (TPSA) is 61.0 Å². The van der Waals surface area contributed by atoms with Crippen LogP contribution in [-0.4, -0.2) is 46.7 Å². The van der Waals surface area contributed by atoms with E-state index in [1.54, 1.807) is 12.1 Å². The molecule has 1 amide bonds. The van der Waals surface area contributed by atoms with Crippen LogP contribution in [0.25, 0.3) is 22.5 Å². The van der Waals surface area contributed by atoms with Crippen LogP contribution < -0.4 is 5.32 Å². The van der Waals surface area contributed by atoms with Crippen LogP contribution in [0, 0.1) is 0 Å². The number of halogens is 2. The second-order valence-electron chi connectivity index (χ2n) is 7.50. The van der Waals surface area contributed by atoms with Crippen LogP contribution in [0.5, 0.6) is 0 Å². The number of aromatic amines is 1. The third-order valence-corrected chi connectivity index (χ3v) is 6.19. The number of aromatic nitrogens is 2. The first-order valence-electron chi connectivity index (χ1n) is 10.2. The van der Waals surface area contributed by atoms with E-state index in [1.165, 1.54) is 6.42 Å². The van der Waals surface area contributed by atoms with Gasteiger partial charge in [-0.05, 0) is 62.3 Å². The molecule has 4 rings (SSSR count). The number of hydrogen-bond donors (Lipinski definition) is 2. The van der Waals surface area contributed by atoms with Crippen molar-refractivity contribution in [2.24, 2.45) is 0 Å². The molecule has 1 aliphatic heterocycles. The van der Waals surface area contributed by atoms with Crippen molar-refractivity contribution in [3.8, 4) is 22.5 Å². The molecule has 2 aromatic carbocycles. The number of rotatable bonds is 6. The molecule has 1 unspecified atom stereocenters. The highest BCUT2D eigenvalue weighted by Crippen LogP contribution is 2.31. The van der Waals surface area contributed by atoms with Crippen LogP contribution in [0.4, 0.5) is 0 Å². The summed E-state index contributed by atoms with van der Waals surface area (Å²) in [4.78, 5) is 14.9. The van der Waals surface area contributed by atoms with Crippen molar-refractivity contribution in [1.29, 1.82) is 0 Å². The van der Waals surface area contributed by atoms with E-state index in [4.69, 9.17) is 23.2 Å². The number of likely N-dealkylation sites (N-methyl/N-ethyl adjacent to an activating group) is 1. The molecular weight excluding hydrogens is 419 g/mol. The van der Waals surface area contributed by atoms with E-state index in [0.717, 1.165) is 42.0 Å². The molecule has 1 fully saturated rings. The zero-order valence-corrected chi connectivity index (χ0v) is 18.3. The van der Waals surface area contributed by atoms with Gasteiger partial charge in [0.1, 0.15) is 0 Å². The molecule has 5 nitrogen and oxygen atoms in total. The van der Waals surface area contributed by atoms with Crippen molar-refractivity contribution in [2.75, 3.05) is 19.6 Å². The third-order valence-electron chi connectivity index (χ3n) is 5.65. The Balaban J connectivity index is 1.42. The van der Waals surface area contributed by atoms with Gasteiger partial charge in [-0.3, -0.25) is 14.8 Å². The third kappa shape index (κ3) is 4.53.